The quantitative estimate of drug-likeness (QED) is 0.817. The van der Waals surface area contributed by atoms with Crippen LogP contribution in [0.15, 0.2) is 18.2 Å². The number of nitrogens with two attached hydrogens (primary N) is 1. The zero-order valence-corrected chi connectivity index (χ0v) is 13.5. The van der Waals surface area contributed by atoms with Gasteiger partial charge < -0.3 is 11.1 Å². The van der Waals surface area contributed by atoms with Gasteiger partial charge in [0.1, 0.15) is 0 Å². The standard InChI is InChI=1S/C18H26N2O/c1-11-5-6-13(19)10-14(11)16(21)20-15-9-12-7-8-18(15,4)17(12,2)3/h5-6,10,12,15H,7-9,19H2,1-4H3,(H,20,21). The van der Waals surface area contributed by atoms with Gasteiger partial charge in [0, 0.05) is 17.3 Å². The number of nitrogen functional groups attached to an aromatic ring is 1. The molecule has 21 heavy (non-hydrogen) atoms. The van der Waals surface area contributed by atoms with E-state index in [1.807, 2.05) is 19.1 Å². The first-order chi connectivity index (χ1) is 9.75. The highest BCUT2D eigenvalue weighted by atomic mass is 16.1. The summed E-state index contributed by atoms with van der Waals surface area (Å²) in [6.45, 7) is 9.03. The molecule has 0 heterocycles. The van der Waals surface area contributed by atoms with E-state index in [-0.39, 0.29) is 17.4 Å². The van der Waals surface area contributed by atoms with Crippen LogP contribution in [0.2, 0.25) is 0 Å². The predicted molar refractivity (Wildman–Crippen MR) is 86.1 cm³/mol. The molecule has 0 aromatic heterocycles. The van der Waals surface area contributed by atoms with Crippen LogP contribution < -0.4 is 11.1 Å². The highest BCUT2D eigenvalue weighted by Gasteiger charge is 2.61. The van der Waals surface area contributed by atoms with Crippen molar-refractivity contribution in [1.82, 2.24) is 5.32 Å². The van der Waals surface area contributed by atoms with E-state index in [4.69, 9.17) is 5.73 Å². The minimum atomic E-state index is 0.0226. The van der Waals surface area contributed by atoms with Crippen LogP contribution in [0.3, 0.4) is 0 Å². The third-order valence-corrected chi connectivity index (χ3v) is 6.61. The lowest BCUT2D eigenvalue weighted by Gasteiger charge is -2.39. The highest BCUT2D eigenvalue weighted by Crippen LogP contribution is 2.65. The van der Waals surface area contributed by atoms with E-state index < -0.39 is 0 Å². The van der Waals surface area contributed by atoms with E-state index in [1.54, 1.807) is 6.07 Å². The Bertz CT molecular complexity index is 593. The fraction of sp³-hybridized carbons (Fsp3) is 0.611. The maximum absolute atomic E-state index is 12.6. The Balaban J connectivity index is 1.82. The summed E-state index contributed by atoms with van der Waals surface area (Å²) in [6.07, 6.45) is 3.62. The van der Waals surface area contributed by atoms with Gasteiger partial charge in [0.25, 0.3) is 5.91 Å². The minimum absolute atomic E-state index is 0.0226. The predicted octanol–water partition coefficient (Wildman–Crippen LogP) is 3.52. The first kappa shape index (κ1) is 14.4. The number of fused-ring (bicyclic) bond motifs is 2. The third kappa shape index (κ3) is 1.97. The van der Waals surface area contributed by atoms with Crippen LogP contribution in [0.25, 0.3) is 0 Å². The van der Waals surface area contributed by atoms with Gasteiger partial charge in [0.15, 0.2) is 0 Å². The van der Waals surface area contributed by atoms with Gasteiger partial charge in [-0.05, 0) is 60.6 Å². The van der Waals surface area contributed by atoms with Crippen LogP contribution >= 0.6 is 0 Å². The molecular formula is C18H26N2O. The molecule has 3 unspecified atom stereocenters. The number of nitrogens with one attached hydrogen (secondary N) is 1. The average molecular weight is 286 g/mol. The number of rotatable bonds is 2. The van der Waals surface area contributed by atoms with Crippen molar-refractivity contribution in [3.8, 4) is 0 Å². The smallest absolute Gasteiger partial charge is 0.251 e. The molecule has 3 atom stereocenters. The second kappa shape index (κ2) is 4.49. The van der Waals surface area contributed by atoms with E-state index in [2.05, 4.69) is 26.1 Å². The van der Waals surface area contributed by atoms with E-state index >= 15 is 0 Å². The maximum Gasteiger partial charge on any atom is 0.251 e. The number of anilines is 1. The lowest BCUT2D eigenvalue weighted by molar-refractivity contribution is 0.0825. The van der Waals surface area contributed by atoms with Crippen molar-refractivity contribution in [3.05, 3.63) is 29.3 Å². The summed E-state index contributed by atoms with van der Waals surface area (Å²) in [5.41, 5.74) is 8.68. The molecule has 2 aliphatic carbocycles. The molecule has 0 radical (unpaired) electrons. The van der Waals surface area contributed by atoms with Gasteiger partial charge in [-0.15, -0.1) is 0 Å². The van der Waals surface area contributed by atoms with Gasteiger partial charge in [0.05, 0.1) is 0 Å². The van der Waals surface area contributed by atoms with Crippen LogP contribution in [-0.4, -0.2) is 11.9 Å². The van der Waals surface area contributed by atoms with Crippen LogP contribution in [-0.2, 0) is 0 Å². The van der Waals surface area contributed by atoms with Gasteiger partial charge in [-0.25, -0.2) is 0 Å². The normalized spacial score (nSPS) is 33.1. The second-order valence-electron chi connectivity index (χ2n) is 7.71. The average Bonchev–Trinajstić information content (AvgIpc) is 2.74. The Hall–Kier alpha value is -1.51. The zero-order chi connectivity index (χ0) is 15.4. The maximum atomic E-state index is 12.6. The van der Waals surface area contributed by atoms with Crippen LogP contribution in [0, 0.1) is 23.7 Å². The molecular weight excluding hydrogens is 260 g/mol. The molecule has 114 valence electrons. The fourth-order valence-corrected chi connectivity index (χ4v) is 4.54. The van der Waals surface area contributed by atoms with Gasteiger partial charge >= 0.3 is 0 Å². The largest absolute Gasteiger partial charge is 0.399 e. The lowest BCUT2D eigenvalue weighted by Crippen LogP contribution is -2.47. The molecule has 2 bridgehead atoms. The Labute approximate surface area is 127 Å². The molecule has 1 aromatic rings. The van der Waals surface area contributed by atoms with E-state index in [9.17, 15) is 4.79 Å². The van der Waals surface area contributed by atoms with Crippen LogP contribution in [0.4, 0.5) is 5.69 Å². The lowest BCUT2D eigenvalue weighted by atomic mass is 9.69. The van der Waals surface area contributed by atoms with E-state index in [0.29, 0.717) is 16.7 Å². The van der Waals surface area contributed by atoms with Crippen molar-refractivity contribution in [3.63, 3.8) is 0 Å². The SMILES string of the molecule is Cc1ccc(N)cc1C(=O)NC1CC2CCC1(C)C2(C)C. The van der Waals surface area contributed by atoms with Crippen LogP contribution in [0.5, 0.6) is 0 Å². The van der Waals surface area contributed by atoms with Crippen molar-refractivity contribution in [2.75, 3.05) is 5.73 Å². The number of carbonyl (C=O) groups is 1. The summed E-state index contributed by atoms with van der Waals surface area (Å²) in [5, 5.41) is 3.30. The number of benzene rings is 1. The first-order valence-corrected chi connectivity index (χ1v) is 7.93. The topological polar surface area (TPSA) is 55.1 Å². The Morgan fingerprint density at radius 3 is 2.62 bits per heavy atom. The molecule has 3 heteroatoms. The van der Waals surface area contributed by atoms with Gasteiger partial charge in [0.2, 0.25) is 0 Å². The third-order valence-electron chi connectivity index (χ3n) is 6.61. The molecule has 3 rings (SSSR count). The molecule has 2 aliphatic rings. The van der Waals surface area contributed by atoms with Gasteiger partial charge in [-0.1, -0.05) is 26.8 Å². The molecule has 1 aromatic carbocycles. The molecule has 2 fully saturated rings. The summed E-state index contributed by atoms with van der Waals surface area (Å²) < 4.78 is 0. The Morgan fingerprint density at radius 1 is 1.33 bits per heavy atom. The Kier molecular flexibility index (Phi) is 3.09. The number of hydrogen-bond donors (Lipinski definition) is 2. The monoisotopic (exact) mass is 286 g/mol. The number of hydrogen-bond acceptors (Lipinski definition) is 2. The fourth-order valence-electron chi connectivity index (χ4n) is 4.54. The number of amides is 1. The number of aryl methyl sites for hydroxylation is 1. The molecule has 0 saturated heterocycles. The van der Waals surface area contributed by atoms with E-state index in [1.165, 1.54) is 12.8 Å². The van der Waals surface area contributed by atoms with Crippen molar-refractivity contribution in [2.45, 2.75) is 53.0 Å². The molecule has 0 spiro atoms. The molecule has 1 amide bonds. The van der Waals surface area contributed by atoms with E-state index in [0.717, 1.165) is 17.9 Å². The number of carbonyl (C=O) groups excluding carboxylic acids is 1. The minimum Gasteiger partial charge on any atom is -0.399 e. The van der Waals surface area contributed by atoms with Crippen LogP contribution in [0.1, 0.15) is 56.0 Å². The summed E-state index contributed by atoms with van der Waals surface area (Å²) in [5.74, 6) is 0.754. The van der Waals surface area contributed by atoms with Crippen molar-refractivity contribution in [1.29, 1.82) is 0 Å². The van der Waals surface area contributed by atoms with Crippen molar-refractivity contribution < 1.29 is 4.79 Å². The van der Waals surface area contributed by atoms with Crippen molar-refractivity contribution >= 4 is 11.6 Å². The Morgan fingerprint density at radius 2 is 2.05 bits per heavy atom. The first-order valence-electron chi connectivity index (χ1n) is 7.93. The van der Waals surface area contributed by atoms with Gasteiger partial charge in [-0.3, -0.25) is 4.79 Å². The molecule has 0 aliphatic heterocycles. The molecule has 3 nitrogen and oxygen atoms in total. The van der Waals surface area contributed by atoms with Crippen molar-refractivity contribution in [2.24, 2.45) is 16.7 Å². The summed E-state index contributed by atoms with van der Waals surface area (Å²) >= 11 is 0. The molecule has 2 saturated carbocycles. The highest BCUT2D eigenvalue weighted by molar-refractivity contribution is 5.96. The zero-order valence-electron chi connectivity index (χ0n) is 13.5. The summed E-state index contributed by atoms with van der Waals surface area (Å²) in [6, 6.07) is 5.82. The summed E-state index contributed by atoms with van der Waals surface area (Å²) in [7, 11) is 0. The second-order valence-corrected chi connectivity index (χ2v) is 7.71. The molecule has 3 N–H and O–H groups in total. The van der Waals surface area contributed by atoms with Gasteiger partial charge in [-0.2, -0.15) is 0 Å². The summed E-state index contributed by atoms with van der Waals surface area (Å²) in [4.78, 5) is 12.6.